The van der Waals surface area contributed by atoms with Gasteiger partial charge in [0.25, 0.3) is 0 Å². The highest BCUT2D eigenvalue weighted by Gasteiger charge is 2.13. The van der Waals surface area contributed by atoms with Crippen LogP contribution in [-0.2, 0) is 0 Å². The van der Waals surface area contributed by atoms with Crippen LogP contribution in [0.4, 0.5) is 5.69 Å². The van der Waals surface area contributed by atoms with Crippen molar-refractivity contribution in [1.82, 2.24) is 0 Å². The van der Waals surface area contributed by atoms with Crippen LogP contribution in [0.3, 0.4) is 0 Å². The van der Waals surface area contributed by atoms with Crippen LogP contribution in [0.5, 0.6) is 0 Å². The molecule has 0 radical (unpaired) electrons. The lowest BCUT2D eigenvalue weighted by molar-refractivity contribution is 0.486. The van der Waals surface area contributed by atoms with Crippen molar-refractivity contribution in [3.63, 3.8) is 0 Å². The maximum Gasteiger partial charge on any atom is 0.0377 e. The van der Waals surface area contributed by atoms with Crippen LogP contribution >= 0.6 is 15.9 Å². The lowest BCUT2D eigenvalue weighted by Gasteiger charge is -2.28. The maximum absolute atomic E-state index is 5.95. The van der Waals surface area contributed by atoms with Gasteiger partial charge in [-0.25, -0.2) is 0 Å². The van der Waals surface area contributed by atoms with E-state index in [0.717, 1.165) is 23.5 Å². The summed E-state index contributed by atoms with van der Waals surface area (Å²) >= 11 is 3.64. The molecule has 0 bridgehead atoms. The zero-order valence-electron chi connectivity index (χ0n) is 12.6. The SMILES string of the molecule is CCC(CC)CN(CC)c1ccc(C(C)N)c(Br)c1. The Labute approximate surface area is 126 Å². The van der Waals surface area contributed by atoms with Gasteiger partial charge in [-0.2, -0.15) is 0 Å². The predicted octanol–water partition coefficient (Wildman–Crippen LogP) is 4.73. The summed E-state index contributed by atoms with van der Waals surface area (Å²) in [4.78, 5) is 2.45. The summed E-state index contributed by atoms with van der Waals surface area (Å²) in [5.74, 6) is 0.770. The first-order chi connectivity index (χ1) is 9.03. The smallest absolute Gasteiger partial charge is 0.0377 e. The fraction of sp³-hybridized carbons (Fsp3) is 0.625. The number of nitrogens with zero attached hydrogens (tertiary/aromatic N) is 1. The molecular weight excluding hydrogens is 300 g/mol. The van der Waals surface area contributed by atoms with Crippen LogP contribution in [0.25, 0.3) is 0 Å². The molecule has 0 heterocycles. The molecule has 1 aromatic carbocycles. The number of halogens is 1. The van der Waals surface area contributed by atoms with Gasteiger partial charge in [0.2, 0.25) is 0 Å². The van der Waals surface area contributed by atoms with Gasteiger partial charge in [-0.15, -0.1) is 0 Å². The lowest BCUT2D eigenvalue weighted by atomic mass is 10.0. The average Bonchev–Trinajstić information content (AvgIpc) is 2.39. The van der Waals surface area contributed by atoms with E-state index in [1.165, 1.54) is 24.1 Å². The van der Waals surface area contributed by atoms with Gasteiger partial charge in [-0.05, 0) is 37.5 Å². The Morgan fingerprint density at radius 2 is 1.84 bits per heavy atom. The second-order valence-electron chi connectivity index (χ2n) is 5.22. The minimum absolute atomic E-state index is 0.0672. The average molecular weight is 327 g/mol. The molecule has 0 amide bonds. The van der Waals surface area contributed by atoms with Gasteiger partial charge >= 0.3 is 0 Å². The molecule has 0 aromatic heterocycles. The number of rotatable bonds is 7. The molecule has 0 saturated carbocycles. The first-order valence-corrected chi connectivity index (χ1v) is 8.12. The second-order valence-corrected chi connectivity index (χ2v) is 6.07. The Hall–Kier alpha value is -0.540. The molecule has 3 heteroatoms. The summed E-state index contributed by atoms with van der Waals surface area (Å²) < 4.78 is 1.11. The van der Waals surface area contributed by atoms with E-state index in [1.54, 1.807) is 0 Å². The van der Waals surface area contributed by atoms with Crippen molar-refractivity contribution in [2.75, 3.05) is 18.0 Å². The van der Waals surface area contributed by atoms with Crippen molar-refractivity contribution in [2.24, 2.45) is 11.7 Å². The zero-order chi connectivity index (χ0) is 14.4. The molecule has 0 aliphatic heterocycles. The second kappa shape index (κ2) is 7.91. The highest BCUT2D eigenvalue weighted by molar-refractivity contribution is 9.10. The van der Waals surface area contributed by atoms with Crippen LogP contribution in [-0.4, -0.2) is 13.1 Å². The quantitative estimate of drug-likeness (QED) is 0.784. The third kappa shape index (κ3) is 4.50. The van der Waals surface area contributed by atoms with Crippen LogP contribution in [0.1, 0.15) is 52.1 Å². The zero-order valence-corrected chi connectivity index (χ0v) is 14.2. The van der Waals surface area contributed by atoms with E-state index in [2.05, 4.69) is 59.8 Å². The number of hydrogen-bond acceptors (Lipinski definition) is 2. The van der Waals surface area contributed by atoms with Gasteiger partial charge in [0.15, 0.2) is 0 Å². The van der Waals surface area contributed by atoms with Gasteiger partial charge in [0.05, 0.1) is 0 Å². The van der Waals surface area contributed by atoms with Crippen LogP contribution in [0.15, 0.2) is 22.7 Å². The van der Waals surface area contributed by atoms with Crippen molar-refractivity contribution in [2.45, 2.75) is 46.6 Å². The van der Waals surface area contributed by atoms with E-state index >= 15 is 0 Å². The van der Waals surface area contributed by atoms with E-state index in [9.17, 15) is 0 Å². The molecule has 0 saturated heterocycles. The normalized spacial score (nSPS) is 12.8. The summed E-state index contributed by atoms with van der Waals surface area (Å²) in [6.07, 6.45) is 2.48. The van der Waals surface area contributed by atoms with Gasteiger partial charge in [0, 0.05) is 29.3 Å². The summed E-state index contributed by atoms with van der Waals surface area (Å²) in [7, 11) is 0. The van der Waals surface area contributed by atoms with Gasteiger partial charge < -0.3 is 10.6 Å². The standard InChI is InChI=1S/C16H27BrN2/c1-5-13(6-2)11-19(7-3)14-8-9-15(12(4)18)16(17)10-14/h8-10,12-13H,5-7,11,18H2,1-4H3. The Kier molecular flexibility index (Phi) is 6.87. The Morgan fingerprint density at radius 1 is 1.21 bits per heavy atom. The molecule has 19 heavy (non-hydrogen) atoms. The van der Waals surface area contributed by atoms with E-state index in [1.807, 2.05) is 6.92 Å². The van der Waals surface area contributed by atoms with Gasteiger partial charge in [0.1, 0.15) is 0 Å². The maximum atomic E-state index is 5.95. The third-order valence-corrected chi connectivity index (χ3v) is 4.54. The van der Waals surface area contributed by atoms with E-state index < -0.39 is 0 Å². The van der Waals surface area contributed by atoms with E-state index in [0.29, 0.717) is 0 Å². The van der Waals surface area contributed by atoms with Crippen LogP contribution in [0.2, 0.25) is 0 Å². The van der Waals surface area contributed by atoms with Gasteiger partial charge in [-0.1, -0.05) is 48.7 Å². The number of benzene rings is 1. The summed E-state index contributed by atoms with van der Waals surface area (Å²) in [6, 6.07) is 6.59. The van der Waals surface area contributed by atoms with E-state index in [-0.39, 0.29) is 6.04 Å². The molecule has 1 unspecified atom stereocenters. The number of anilines is 1. The number of nitrogens with two attached hydrogens (primary N) is 1. The Balaban J connectivity index is 2.90. The van der Waals surface area contributed by atoms with Crippen molar-refractivity contribution in [3.8, 4) is 0 Å². The Morgan fingerprint density at radius 3 is 2.26 bits per heavy atom. The number of hydrogen-bond donors (Lipinski definition) is 1. The molecular formula is C16H27BrN2. The monoisotopic (exact) mass is 326 g/mol. The summed E-state index contributed by atoms with van der Waals surface area (Å²) in [6.45, 7) is 11.0. The fourth-order valence-electron chi connectivity index (χ4n) is 2.36. The van der Waals surface area contributed by atoms with Gasteiger partial charge in [-0.3, -0.25) is 0 Å². The molecule has 0 fully saturated rings. The van der Waals surface area contributed by atoms with Crippen molar-refractivity contribution in [1.29, 1.82) is 0 Å². The lowest BCUT2D eigenvalue weighted by Crippen LogP contribution is -2.29. The molecule has 0 aliphatic rings. The van der Waals surface area contributed by atoms with Crippen molar-refractivity contribution < 1.29 is 0 Å². The molecule has 108 valence electrons. The summed E-state index contributed by atoms with van der Waals surface area (Å²) in [5.41, 5.74) is 8.41. The van der Waals surface area contributed by atoms with Crippen LogP contribution < -0.4 is 10.6 Å². The summed E-state index contributed by atoms with van der Waals surface area (Å²) in [5, 5.41) is 0. The highest BCUT2D eigenvalue weighted by atomic mass is 79.9. The largest absolute Gasteiger partial charge is 0.372 e. The van der Waals surface area contributed by atoms with Crippen LogP contribution in [0, 0.1) is 5.92 Å². The Bertz CT molecular complexity index is 386. The molecule has 1 atom stereocenters. The molecule has 1 aromatic rings. The molecule has 2 nitrogen and oxygen atoms in total. The molecule has 0 spiro atoms. The van der Waals surface area contributed by atoms with E-state index in [4.69, 9.17) is 5.73 Å². The first kappa shape index (κ1) is 16.5. The van der Waals surface area contributed by atoms with Crippen molar-refractivity contribution in [3.05, 3.63) is 28.2 Å². The van der Waals surface area contributed by atoms with Crippen molar-refractivity contribution >= 4 is 21.6 Å². The predicted molar refractivity (Wildman–Crippen MR) is 88.7 cm³/mol. The molecule has 0 aliphatic carbocycles. The first-order valence-electron chi connectivity index (χ1n) is 7.33. The topological polar surface area (TPSA) is 29.3 Å². The highest BCUT2D eigenvalue weighted by Crippen LogP contribution is 2.28. The fourth-order valence-corrected chi connectivity index (χ4v) is 3.09. The minimum atomic E-state index is 0.0672. The minimum Gasteiger partial charge on any atom is -0.372 e. The third-order valence-electron chi connectivity index (χ3n) is 3.85. The molecule has 1 rings (SSSR count). The molecule has 2 N–H and O–H groups in total.